The molecule has 1 unspecified atom stereocenters. The molecule has 1 aliphatic rings. The van der Waals surface area contributed by atoms with Crippen LogP contribution in [0.5, 0.6) is 5.75 Å². The SMILES string of the molecule is CSc1nccn1-c1cccc(C(=O)Nc2ccc3c(c2)NC(=O)C(C)O3)c1. The van der Waals surface area contributed by atoms with Gasteiger partial charge in [0.2, 0.25) is 0 Å². The van der Waals surface area contributed by atoms with Crippen molar-refractivity contribution in [3.05, 3.63) is 60.4 Å². The molecule has 1 atom stereocenters. The van der Waals surface area contributed by atoms with Crippen LogP contribution in [-0.4, -0.2) is 33.7 Å². The van der Waals surface area contributed by atoms with Crippen molar-refractivity contribution in [1.29, 1.82) is 0 Å². The molecule has 7 nitrogen and oxygen atoms in total. The summed E-state index contributed by atoms with van der Waals surface area (Å²) in [5.41, 5.74) is 2.48. The standard InChI is InChI=1S/C20H18N4O3S/c1-12-18(25)23-16-11-14(6-7-17(16)27-12)22-19(26)13-4-3-5-15(10-13)24-9-8-21-20(24)28-2/h3-12H,1-2H3,(H,22,26)(H,23,25). The quantitative estimate of drug-likeness (QED) is 0.661. The second kappa shape index (κ2) is 7.40. The number of hydrogen-bond donors (Lipinski definition) is 2. The van der Waals surface area contributed by atoms with Crippen LogP contribution >= 0.6 is 11.8 Å². The average molecular weight is 394 g/mol. The van der Waals surface area contributed by atoms with Gasteiger partial charge in [-0.1, -0.05) is 17.8 Å². The van der Waals surface area contributed by atoms with Gasteiger partial charge in [0.25, 0.3) is 11.8 Å². The smallest absolute Gasteiger partial charge is 0.265 e. The van der Waals surface area contributed by atoms with E-state index >= 15 is 0 Å². The van der Waals surface area contributed by atoms with Gasteiger partial charge in [-0.05, 0) is 49.6 Å². The molecule has 0 bridgehead atoms. The predicted octanol–water partition coefficient (Wildman–Crippen LogP) is 3.57. The highest BCUT2D eigenvalue weighted by Gasteiger charge is 2.23. The third kappa shape index (κ3) is 3.46. The van der Waals surface area contributed by atoms with Gasteiger partial charge in [0.1, 0.15) is 5.75 Å². The minimum Gasteiger partial charge on any atom is -0.479 e. The number of fused-ring (bicyclic) bond motifs is 1. The van der Waals surface area contributed by atoms with Gasteiger partial charge in [-0.15, -0.1) is 0 Å². The number of thioether (sulfide) groups is 1. The van der Waals surface area contributed by atoms with E-state index in [1.54, 1.807) is 37.4 Å². The van der Waals surface area contributed by atoms with Crippen LogP contribution in [0.3, 0.4) is 0 Å². The zero-order chi connectivity index (χ0) is 19.7. The zero-order valence-electron chi connectivity index (χ0n) is 15.3. The van der Waals surface area contributed by atoms with Crippen LogP contribution in [0.15, 0.2) is 60.0 Å². The van der Waals surface area contributed by atoms with Crippen molar-refractivity contribution < 1.29 is 14.3 Å². The predicted molar refractivity (Wildman–Crippen MR) is 108 cm³/mol. The fraction of sp³-hybridized carbons (Fsp3) is 0.150. The first-order chi connectivity index (χ1) is 13.5. The maximum absolute atomic E-state index is 12.7. The van der Waals surface area contributed by atoms with Gasteiger partial charge in [-0.3, -0.25) is 14.2 Å². The third-order valence-electron chi connectivity index (χ3n) is 4.34. The highest BCUT2D eigenvalue weighted by molar-refractivity contribution is 7.98. The molecule has 2 heterocycles. The molecular weight excluding hydrogens is 376 g/mol. The van der Waals surface area contributed by atoms with Gasteiger partial charge in [0.05, 0.1) is 5.69 Å². The Labute approximate surface area is 166 Å². The summed E-state index contributed by atoms with van der Waals surface area (Å²) in [6.45, 7) is 1.68. The van der Waals surface area contributed by atoms with E-state index in [0.717, 1.165) is 10.8 Å². The van der Waals surface area contributed by atoms with Crippen molar-refractivity contribution in [2.24, 2.45) is 0 Å². The molecule has 0 radical (unpaired) electrons. The Morgan fingerprint density at radius 1 is 1.29 bits per heavy atom. The van der Waals surface area contributed by atoms with E-state index in [1.165, 1.54) is 11.8 Å². The number of anilines is 2. The van der Waals surface area contributed by atoms with Crippen molar-refractivity contribution in [2.45, 2.75) is 18.2 Å². The van der Waals surface area contributed by atoms with E-state index in [2.05, 4.69) is 15.6 Å². The summed E-state index contributed by atoms with van der Waals surface area (Å²) in [4.78, 5) is 28.8. The summed E-state index contributed by atoms with van der Waals surface area (Å²) in [6.07, 6.45) is 5.00. The van der Waals surface area contributed by atoms with Gasteiger partial charge in [-0.25, -0.2) is 4.98 Å². The maximum atomic E-state index is 12.7. The Morgan fingerprint density at radius 3 is 2.96 bits per heavy atom. The summed E-state index contributed by atoms with van der Waals surface area (Å²) in [5.74, 6) is 0.120. The second-order valence-corrected chi connectivity index (χ2v) is 7.02. The van der Waals surface area contributed by atoms with Gasteiger partial charge in [0.15, 0.2) is 11.3 Å². The number of imidazole rings is 1. The lowest BCUT2D eigenvalue weighted by molar-refractivity contribution is -0.122. The molecule has 28 heavy (non-hydrogen) atoms. The lowest BCUT2D eigenvalue weighted by atomic mass is 10.1. The molecular formula is C20H18N4O3S. The number of nitrogens with zero attached hydrogens (tertiary/aromatic N) is 2. The van der Waals surface area contributed by atoms with Crippen LogP contribution in [-0.2, 0) is 4.79 Å². The molecule has 0 spiro atoms. The molecule has 2 amide bonds. The molecule has 4 rings (SSSR count). The summed E-state index contributed by atoms with van der Waals surface area (Å²) in [6, 6.07) is 12.5. The van der Waals surface area contributed by atoms with Crippen LogP contribution in [0.25, 0.3) is 5.69 Å². The van der Waals surface area contributed by atoms with Gasteiger partial charge in [-0.2, -0.15) is 0 Å². The van der Waals surface area contributed by atoms with Gasteiger partial charge < -0.3 is 15.4 Å². The van der Waals surface area contributed by atoms with Gasteiger partial charge in [0, 0.05) is 29.3 Å². The van der Waals surface area contributed by atoms with Crippen LogP contribution in [0.4, 0.5) is 11.4 Å². The number of amides is 2. The minimum atomic E-state index is -0.537. The largest absolute Gasteiger partial charge is 0.479 e. The zero-order valence-corrected chi connectivity index (χ0v) is 16.1. The highest BCUT2D eigenvalue weighted by atomic mass is 32.2. The van der Waals surface area contributed by atoms with Gasteiger partial charge >= 0.3 is 0 Å². The average Bonchev–Trinajstić information content (AvgIpc) is 3.18. The molecule has 0 saturated heterocycles. The van der Waals surface area contributed by atoms with Crippen molar-refractivity contribution >= 4 is 35.0 Å². The summed E-state index contributed by atoms with van der Waals surface area (Å²) < 4.78 is 7.46. The molecule has 2 aromatic carbocycles. The van der Waals surface area contributed by atoms with Crippen LogP contribution in [0.1, 0.15) is 17.3 Å². The number of carbonyl (C=O) groups excluding carboxylic acids is 2. The minimum absolute atomic E-state index is 0.214. The van der Waals surface area contributed by atoms with Crippen LogP contribution in [0, 0.1) is 0 Å². The fourth-order valence-electron chi connectivity index (χ4n) is 2.92. The van der Waals surface area contributed by atoms with E-state index in [4.69, 9.17) is 4.74 Å². The van der Waals surface area contributed by atoms with E-state index in [9.17, 15) is 9.59 Å². The van der Waals surface area contributed by atoms with Crippen molar-refractivity contribution in [3.63, 3.8) is 0 Å². The first-order valence-electron chi connectivity index (χ1n) is 8.66. The first-order valence-corrected chi connectivity index (χ1v) is 9.88. The Kier molecular flexibility index (Phi) is 4.79. The number of rotatable bonds is 4. The molecule has 0 fully saturated rings. The molecule has 1 aliphatic heterocycles. The first kappa shape index (κ1) is 18.1. The molecule has 0 saturated carbocycles. The molecule has 1 aromatic heterocycles. The van der Waals surface area contributed by atoms with Crippen molar-refractivity contribution in [2.75, 3.05) is 16.9 Å². The molecule has 2 N–H and O–H groups in total. The summed E-state index contributed by atoms with van der Waals surface area (Å²) in [5, 5.41) is 6.48. The molecule has 3 aromatic rings. The third-order valence-corrected chi connectivity index (χ3v) is 5.01. The molecule has 142 valence electrons. The Hall–Kier alpha value is -3.26. The summed E-state index contributed by atoms with van der Waals surface area (Å²) in [7, 11) is 0. The van der Waals surface area contributed by atoms with Crippen LogP contribution < -0.4 is 15.4 Å². The van der Waals surface area contributed by atoms with E-state index in [0.29, 0.717) is 22.7 Å². The number of benzene rings is 2. The second-order valence-electron chi connectivity index (χ2n) is 6.25. The monoisotopic (exact) mass is 394 g/mol. The number of ether oxygens (including phenoxy) is 1. The van der Waals surface area contributed by atoms with Crippen LogP contribution in [0.2, 0.25) is 0 Å². The Morgan fingerprint density at radius 2 is 2.14 bits per heavy atom. The fourth-order valence-corrected chi connectivity index (χ4v) is 3.45. The normalized spacial score (nSPS) is 15.4. The van der Waals surface area contributed by atoms with E-state index in [1.807, 2.05) is 35.2 Å². The Bertz CT molecular complexity index is 1060. The lowest BCUT2D eigenvalue weighted by Gasteiger charge is -2.23. The topological polar surface area (TPSA) is 85.3 Å². The molecule has 0 aliphatic carbocycles. The number of aromatic nitrogens is 2. The number of hydrogen-bond acceptors (Lipinski definition) is 5. The number of carbonyl (C=O) groups is 2. The van der Waals surface area contributed by atoms with E-state index < -0.39 is 6.10 Å². The van der Waals surface area contributed by atoms with E-state index in [-0.39, 0.29) is 11.8 Å². The van der Waals surface area contributed by atoms with Crippen molar-refractivity contribution in [1.82, 2.24) is 9.55 Å². The maximum Gasteiger partial charge on any atom is 0.265 e. The number of nitrogens with one attached hydrogen (secondary N) is 2. The van der Waals surface area contributed by atoms with Crippen molar-refractivity contribution in [3.8, 4) is 11.4 Å². The Balaban J connectivity index is 1.56. The lowest BCUT2D eigenvalue weighted by Crippen LogP contribution is -2.34. The molecule has 8 heteroatoms. The highest BCUT2D eigenvalue weighted by Crippen LogP contribution is 2.32. The summed E-state index contributed by atoms with van der Waals surface area (Å²) >= 11 is 1.53.